The van der Waals surface area contributed by atoms with Gasteiger partial charge in [0.15, 0.2) is 0 Å². The maximum atomic E-state index is 12.6. The van der Waals surface area contributed by atoms with E-state index < -0.39 is 27.7 Å². The lowest BCUT2D eigenvalue weighted by molar-refractivity contribution is -0.137. The van der Waals surface area contributed by atoms with Crippen molar-refractivity contribution >= 4 is 49.0 Å². The lowest BCUT2D eigenvalue weighted by atomic mass is 10.1. The predicted molar refractivity (Wildman–Crippen MR) is 74.1 cm³/mol. The average Bonchev–Trinajstić information content (AvgIpc) is 2.63. The van der Waals surface area contributed by atoms with Crippen LogP contribution in [0, 0.1) is 0 Å². The molecular weight excluding hydrogens is 351 g/mol. The van der Waals surface area contributed by atoms with Gasteiger partial charge >= 0.3 is 6.18 Å². The summed E-state index contributed by atoms with van der Waals surface area (Å²) in [6.07, 6.45) is -3.73. The van der Waals surface area contributed by atoms with Gasteiger partial charge in [-0.25, -0.2) is 13.1 Å². The summed E-state index contributed by atoms with van der Waals surface area (Å²) in [5.74, 6) is -0.975. The highest BCUT2D eigenvalue weighted by atomic mass is 35.5. The van der Waals surface area contributed by atoms with Crippen LogP contribution in [0.25, 0.3) is 10.1 Å². The molecule has 0 aliphatic rings. The monoisotopic (exact) mass is 357 g/mol. The highest BCUT2D eigenvalue weighted by Crippen LogP contribution is 2.39. The molecule has 1 heterocycles. The zero-order chi connectivity index (χ0) is 16.0. The van der Waals surface area contributed by atoms with Gasteiger partial charge in [0, 0.05) is 10.1 Å². The van der Waals surface area contributed by atoms with Crippen molar-refractivity contribution in [3.63, 3.8) is 0 Å². The van der Waals surface area contributed by atoms with Crippen LogP contribution in [0.4, 0.5) is 13.2 Å². The summed E-state index contributed by atoms with van der Waals surface area (Å²) < 4.78 is 61.7. The smallest absolute Gasteiger partial charge is 0.267 e. The number of hydrogen-bond donors (Lipinski definition) is 1. The molecular formula is C11H7ClF3NO3S2. The van der Waals surface area contributed by atoms with Crippen molar-refractivity contribution in [2.24, 2.45) is 0 Å². The zero-order valence-corrected chi connectivity index (χ0v) is 12.7. The molecule has 21 heavy (non-hydrogen) atoms. The van der Waals surface area contributed by atoms with Crippen molar-refractivity contribution < 1.29 is 26.4 Å². The molecule has 1 amide bonds. The molecule has 0 unspecified atom stereocenters. The van der Waals surface area contributed by atoms with Crippen molar-refractivity contribution in [2.75, 3.05) is 6.26 Å². The van der Waals surface area contributed by atoms with Gasteiger partial charge in [0.05, 0.1) is 16.8 Å². The third-order valence-electron chi connectivity index (χ3n) is 2.44. The SMILES string of the molecule is CS(=O)(=O)NC(=O)c1sc2cc(C(F)(F)F)ccc2c1Cl. The summed E-state index contributed by atoms with van der Waals surface area (Å²) in [6, 6.07) is 2.86. The van der Waals surface area contributed by atoms with Crippen molar-refractivity contribution in [1.82, 2.24) is 4.72 Å². The van der Waals surface area contributed by atoms with Crippen molar-refractivity contribution in [1.29, 1.82) is 0 Å². The lowest BCUT2D eigenvalue weighted by Crippen LogP contribution is -2.28. The summed E-state index contributed by atoms with van der Waals surface area (Å²) in [7, 11) is -3.79. The van der Waals surface area contributed by atoms with Crippen LogP contribution in [0.2, 0.25) is 5.02 Å². The van der Waals surface area contributed by atoms with Crippen molar-refractivity contribution in [3.8, 4) is 0 Å². The summed E-state index contributed by atoms with van der Waals surface area (Å²) in [6.45, 7) is 0. The Kier molecular flexibility index (Phi) is 3.94. The molecule has 1 aromatic heterocycles. The van der Waals surface area contributed by atoms with Gasteiger partial charge in [-0.2, -0.15) is 13.2 Å². The van der Waals surface area contributed by atoms with E-state index >= 15 is 0 Å². The minimum Gasteiger partial charge on any atom is -0.267 e. The first-order chi connectivity index (χ1) is 9.49. The molecule has 0 saturated heterocycles. The maximum absolute atomic E-state index is 12.6. The number of carbonyl (C=O) groups excluding carboxylic acids is 1. The fourth-order valence-corrected chi connectivity index (χ4v) is 3.56. The lowest BCUT2D eigenvalue weighted by Gasteiger charge is -2.05. The number of fused-ring (bicyclic) bond motifs is 1. The number of sulfonamides is 1. The van der Waals surface area contributed by atoms with Crippen LogP contribution in [-0.2, 0) is 16.2 Å². The number of hydrogen-bond acceptors (Lipinski definition) is 4. The first-order valence-corrected chi connectivity index (χ1v) is 8.39. The largest absolute Gasteiger partial charge is 0.416 e. The normalized spacial score (nSPS) is 12.6. The van der Waals surface area contributed by atoms with Crippen LogP contribution in [0.15, 0.2) is 18.2 Å². The fraction of sp³-hybridized carbons (Fsp3) is 0.182. The van der Waals surface area contributed by atoms with E-state index in [-0.39, 0.29) is 20.0 Å². The van der Waals surface area contributed by atoms with E-state index in [2.05, 4.69) is 0 Å². The molecule has 0 fully saturated rings. The minimum absolute atomic E-state index is 0.0788. The van der Waals surface area contributed by atoms with E-state index in [1.165, 1.54) is 0 Å². The van der Waals surface area contributed by atoms with E-state index in [9.17, 15) is 26.4 Å². The molecule has 0 aliphatic carbocycles. The van der Waals surface area contributed by atoms with E-state index in [0.29, 0.717) is 11.3 Å². The Labute approximate surface area is 126 Å². The second kappa shape index (κ2) is 5.15. The Morgan fingerprint density at radius 3 is 2.48 bits per heavy atom. The molecule has 114 valence electrons. The molecule has 4 nitrogen and oxygen atoms in total. The van der Waals surface area contributed by atoms with Crippen LogP contribution in [0.3, 0.4) is 0 Å². The number of alkyl halides is 3. The fourth-order valence-electron chi connectivity index (χ4n) is 1.60. The molecule has 1 N–H and O–H groups in total. The third kappa shape index (κ3) is 3.47. The summed E-state index contributed by atoms with van der Waals surface area (Å²) in [4.78, 5) is 11.6. The summed E-state index contributed by atoms with van der Waals surface area (Å²) >= 11 is 6.62. The number of amides is 1. The number of thiophene rings is 1. The van der Waals surface area contributed by atoms with Crippen molar-refractivity contribution in [3.05, 3.63) is 33.7 Å². The van der Waals surface area contributed by atoms with Gasteiger partial charge in [0.1, 0.15) is 4.88 Å². The first kappa shape index (κ1) is 16.1. The Hall–Kier alpha value is -1.32. The van der Waals surface area contributed by atoms with Gasteiger partial charge < -0.3 is 0 Å². The van der Waals surface area contributed by atoms with E-state index in [1.807, 2.05) is 0 Å². The molecule has 10 heteroatoms. The van der Waals surface area contributed by atoms with E-state index in [4.69, 9.17) is 11.6 Å². The molecule has 2 rings (SSSR count). The molecule has 0 spiro atoms. The Bertz CT molecular complexity index is 827. The predicted octanol–water partition coefficient (Wildman–Crippen LogP) is 3.26. The summed E-state index contributed by atoms with van der Waals surface area (Å²) in [5.41, 5.74) is -0.872. The first-order valence-electron chi connectivity index (χ1n) is 5.30. The number of carbonyl (C=O) groups is 1. The molecule has 0 aliphatic heterocycles. The van der Waals surface area contributed by atoms with Gasteiger partial charge in [0.2, 0.25) is 10.0 Å². The zero-order valence-electron chi connectivity index (χ0n) is 10.3. The number of halogens is 4. The number of benzene rings is 1. The van der Waals surface area contributed by atoms with Crippen LogP contribution < -0.4 is 4.72 Å². The average molecular weight is 358 g/mol. The van der Waals surface area contributed by atoms with Crippen LogP contribution >= 0.6 is 22.9 Å². The summed E-state index contributed by atoms with van der Waals surface area (Å²) in [5, 5.41) is 0.179. The van der Waals surface area contributed by atoms with Gasteiger partial charge in [-0.15, -0.1) is 11.3 Å². The Morgan fingerprint density at radius 2 is 1.95 bits per heavy atom. The standard InChI is InChI=1S/C11H7ClF3NO3S2/c1-21(18,19)16-10(17)9-8(12)6-3-2-5(11(13,14)15)4-7(6)20-9/h2-4H,1H3,(H,16,17). The Morgan fingerprint density at radius 1 is 1.33 bits per heavy atom. The second-order valence-corrected chi connectivity index (χ2v) is 7.34. The molecule has 0 bridgehead atoms. The van der Waals surface area contributed by atoms with Crippen molar-refractivity contribution in [2.45, 2.75) is 6.18 Å². The molecule has 0 atom stereocenters. The molecule has 1 aromatic carbocycles. The molecule has 0 radical (unpaired) electrons. The Balaban J connectivity index is 2.53. The third-order valence-corrected chi connectivity index (χ3v) is 4.65. The van der Waals surface area contributed by atoms with E-state index in [0.717, 1.165) is 24.5 Å². The topological polar surface area (TPSA) is 63.2 Å². The van der Waals surface area contributed by atoms with Gasteiger partial charge in [-0.3, -0.25) is 4.79 Å². The van der Waals surface area contributed by atoms with Gasteiger partial charge in [0.25, 0.3) is 5.91 Å². The van der Waals surface area contributed by atoms with Gasteiger partial charge in [-0.1, -0.05) is 17.7 Å². The highest BCUT2D eigenvalue weighted by molar-refractivity contribution is 7.89. The molecule has 2 aromatic rings. The highest BCUT2D eigenvalue weighted by Gasteiger charge is 2.31. The maximum Gasteiger partial charge on any atom is 0.416 e. The quantitative estimate of drug-likeness (QED) is 0.897. The second-order valence-electron chi connectivity index (χ2n) is 4.16. The van der Waals surface area contributed by atoms with Crippen LogP contribution in [0.5, 0.6) is 0 Å². The number of nitrogens with one attached hydrogen (secondary N) is 1. The van der Waals surface area contributed by atoms with E-state index in [1.54, 1.807) is 4.72 Å². The van der Waals surface area contributed by atoms with Gasteiger partial charge in [-0.05, 0) is 12.1 Å². The minimum atomic E-state index is -4.51. The van der Waals surface area contributed by atoms with Crippen LogP contribution in [-0.4, -0.2) is 20.6 Å². The number of rotatable bonds is 2. The molecule has 0 saturated carbocycles. The van der Waals surface area contributed by atoms with Crippen LogP contribution in [0.1, 0.15) is 15.2 Å².